The number of hydrogen-bond acceptors (Lipinski definition) is 4. The molecule has 0 saturated heterocycles. The Morgan fingerprint density at radius 1 is 1.35 bits per heavy atom. The van der Waals surface area contributed by atoms with Crippen molar-refractivity contribution in [1.82, 2.24) is 5.32 Å². The van der Waals surface area contributed by atoms with E-state index in [9.17, 15) is 0 Å². The summed E-state index contributed by atoms with van der Waals surface area (Å²) < 4.78 is 17.1. The lowest BCUT2D eigenvalue weighted by Gasteiger charge is -2.43. The van der Waals surface area contributed by atoms with E-state index in [0.29, 0.717) is 6.04 Å². The fourth-order valence-electron chi connectivity index (χ4n) is 3.12. The van der Waals surface area contributed by atoms with Crippen LogP contribution in [0.4, 0.5) is 0 Å². The van der Waals surface area contributed by atoms with Gasteiger partial charge in [0.2, 0.25) is 0 Å². The van der Waals surface area contributed by atoms with Crippen molar-refractivity contribution in [3.63, 3.8) is 0 Å². The Hall–Kier alpha value is -1.10. The van der Waals surface area contributed by atoms with Gasteiger partial charge >= 0.3 is 0 Å². The fraction of sp³-hybridized carbons (Fsp3) is 0.625. The van der Waals surface area contributed by atoms with E-state index in [1.54, 1.807) is 7.11 Å². The van der Waals surface area contributed by atoms with E-state index in [1.807, 2.05) is 19.1 Å². The maximum Gasteiger partial charge on any atom is 0.123 e. The third-order valence-corrected chi connectivity index (χ3v) is 4.22. The molecule has 20 heavy (non-hydrogen) atoms. The van der Waals surface area contributed by atoms with Gasteiger partial charge in [0.1, 0.15) is 11.9 Å². The molecular weight excluding hydrogens is 254 g/mol. The van der Waals surface area contributed by atoms with Crippen LogP contribution >= 0.6 is 0 Å². The molecule has 1 saturated carbocycles. The molecular formula is C16H23NO3. The van der Waals surface area contributed by atoms with Crippen LogP contribution in [0.25, 0.3) is 0 Å². The molecule has 1 N–H and O–H groups in total. The SMILES string of the molecule is CCOC1CC(NCC2Cc3ccccc3O2)C1OC. The van der Waals surface area contributed by atoms with E-state index < -0.39 is 0 Å². The summed E-state index contributed by atoms with van der Waals surface area (Å²) in [5, 5.41) is 3.56. The standard InChI is InChI=1S/C16H23NO3/c1-3-19-15-9-13(16(15)18-2)17-10-12-8-11-6-4-5-7-14(11)20-12/h4-7,12-13,15-17H,3,8-10H2,1-2H3. The highest BCUT2D eigenvalue weighted by molar-refractivity contribution is 5.37. The number of rotatable bonds is 6. The summed E-state index contributed by atoms with van der Waals surface area (Å²) in [5.41, 5.74) is 1.31. The predicted molar refractivity (Wildman–Crippen MR) is 77.2 cm³/mol. The van der Waals surface area contributed by atoms with Gasteiger partial charge in [0.15, 0.2) is 0 Å². The maximum atomic E-state index is 5.93. The molecule has 1 heterocycles. The van der Waals surface area contributed by atoms with Gasteiger partial charge in [-0.2, -0.15) is 0 Å². The van der Waals surface area contributed by atoms with Crippen LogP contribution in [0.3, 0.4) is 0 Å². The highest BCUT2D eigenvalue weighted by atomic mass is 16.5. The van der Waals surface area contributed by atoms with Crippen LogP contribution < -0.4 is 10.1 Å². The molecule has 0 spiro atoms. The zero-order chi connectivity index (χ0) is 13.9. The van der Waals surface area contributed by atoms with Crippen LogP contribution in [0.5, 0.6) is 5.75 Å². The van der Waals surface area contributed by atoms with Gasteiger partial charge in [-0.05, 0) is 25.0 Å². The molecule has 110 valence electrons. The van der Waals surface area contributed by atoms with Crippen molar-refractivity contribution in [2.45, 2.75) is 44.1 Å². The topological polar surface area (TPSA) is 39.7 Å². The lowest BCUT2D eigenvalue weighted by atomic mass is 9.85. The van der Waals surface area contributed by atoms with Gasteiger partial charge in [0.05, 0.1) is 12.2 Å². The molecule has 3 rings (SSSR count). The van der Waals surface area contributed by atoms with Crippen molar-refractivity contribution in [3.05, 3.63) is 29.8 Å². The summed E-state index contributed by atoms with van der Waals surface area (Å²) in [4.78, 5) is 0. The molecule has 1 aromatic carbocycles. The zero-order valence-electron chi connectivity index (χ0n) is 12.2. The van der Waals surface area contributed by atoms with E-state index in [1.165, 1.54) is 5.56 Å². The molecule has 4 unspecified atom stereocenters. The summed E-state index contributed by atoms with van der Waals surface area (Å²) in [6.07, 6.45) is 2.65. The molecule has 1 aromatic rings. The van der Waals surface area contributed by atoms with Gasteiger partial charge in [-0.15, -0.1) is 0 Å². The first kappa shape index (κ1) is 13.9. The van der Waals surface area contributed by atoms with Crippen molar-refractivity contribution in [2.75, 3.05) is 20.3 Å². The van der Waals surface area contributed by atoms with Crippen molar-refractivity contribution in [3.8, 4) is 5.75 Å². The van der Waals surface area contributed by atoms with Gasteiger partial charge in [-0.1, -0.05) is 18.2 Å². The van der Waals surface area contributed by atoms with Gasteiger partial charge in [-0.25, -0.2) is 0 Å². The summed E-state index contributed by atoms with van der Waals surface area (Å²) in [6, 6.07) is 8.65. The Morgan fingerprint density at radius 2 is 2.20 bits per heavy atom. The summed E-state index contributed by atoms with van der Waals surface area (Å²) >= 11 is 0. The number of methoxy groups -OCH3 is 1. The molecule has 0 amide bonds. The molecule has 0 bridgehead atoms. The summed E-state index contributed by atoms with van der Waals surface area (Å²) in [6.45, 7) is 3.63. The van der Waals surface area contributed by atoms with Crippen LogP contribution in [0, 0.1) is 0 Å². The second-order valence-corrected chi connectivity index (χ2v) is 5.50. The molecule has 0 radical (unpaired) electrons. The second-order valence-electron chi connectivity index (χ2n) is 5.50. The highest BCUT2D eigenvalue weighted by Crippen LogP contribution is 2.29. The average molecular weight is 277 g/mol. The highest BCUT2D eigenvalue weighted by Gasteiger charge is 2.42. The molecule has 4 nitrogen and oxygen atoms in total. The molecule has 4 heteroatoms. The molecule has 1 aliphatic carbocycles. The second kappa shape index (κ2) is 6.12. The van der Waals surface area contributed by atoms with Crippen molar-refractivity contribution in [1.29, 1.82) is 0 Å². The first-order valence-corrected chi connectivity index (χ1v) is 7.44. The third kappa shape index (κ3) is 2.68. The van der Waals surface area contributed by atoms with Crippen LogP contribution in [-0.4, -0.2) is 44.6 Å². The molecule has 4 atom stereocenters. The van der Waals surface area contributed by atoms with E-state index in [2.05, 4.69) is 17.4 Å². The number of fused-ring (bicyclic) bond motifs is 1. The Labute approximate surface area is 120 Å². The Balaban J connectivity index is 1.45. The number of hydrogen-bond donors (Lipinski definition) is 1. The summed E-state index contributed by atoms with van der Waals surface area (Å²) in [5.74, 6) is 1.03. The van der Waals surface area contributed by atoms with E-state index >= 15 is 0 Å². The Morgan fingerprint density at radius 3 is 2.95 bits per heavy atom. The number of para-hydroxylation sites is 1. The van der Waals surface area contributed by atoms with Gasteiger partial charge < -0.3 is 19.5 Å². The van der Waals surface area contributed by atoms with Crippen LogP contribution in [0.2, 0.25) is 0 Å². The van der Waals surface area contributed by atoms with E-state index in [4.69, 9.17) is 14.2 Å². The molecule has 1 fully saturated rings. The smallest absolute Gasteiger partial charge is 0.123 e. The van der Waals surface area contributed by atoms with E-state index in [0.717, 1.165) is 31.7 Å². The normalized spacial score (nSPS) is 31.5. The number of nitrogens with one attached hydrogen (secondary N) is 1. The Kier molecular flexibility index (Phi) is 4.24. The van der Waals surface area contributed by atoms with Crippen molar-refractivity contribution < 1.29 is 14.2 Å². The van der Waals surface area contributed by atoms with Gasteiger partial charge in [0, 0.05) is 32.7 Å². The minimum atomic E-state index is 0.165. The number of ether oxygens (including phenoxy) is 3. The Bertz CT molecular complexity index is 426. The van der Waals surface area contributed by atoms with E-state index in [-0.39, 0.29) is 18.3 Å². The van der Waals surface area contributed by atoms with Crippen LogP contribution in [-0.2, 0) is 15.9 Å². The summed E-state index contributed by atoms with van der Waals surface area (Å²) in [7, 11) is 1.76. The number of benzene rings is 1. The molecule has 2 aliphatic rings. The van der Waals surface area contributed by atoms with Crippen LogP contribution in [0.15, 0.2) is 24.3 Å². The van der Waals surface area contributed by atoms with Crippen molar-refractivity contribution in [2.24, 2.45) is 0 Å². The van der Waals surface area contributed by atoms with Crippen molar-refractivity contribution >= 4 is 0 Å². The average Bonchev–Trinajstić information content (AvgIpc) is 2.85. The van der Waals surface area contributed by atoms with Gasteiger partial charge in [-0.3, -0.25) is 0 Å². The fourth-order valence-corrected chi connectivity index (χ4v) is 3.12. The maximum absolute atomic E-state index is 5.93. The van der Waals surface area contributed by atoms with Crippen LogP contribution in [0.1, 0.15) is 18.9 Å². The predicted octanol–water partition coefficient (Wildman–Crippen LogP) is 1.77. The minimum absolute atomic E-state index is 0.165. The first-order chi connectivity index (χ1) is 9.81. The minimum Gasteiger partial charge on any atom is -0.488 e. The monoisotopic (exact) mass is 277 g/mol. The largest absolute Gasteiger partial charge is 0.488 e. The lowest BCUT2D eigenvalue weighted by molar-refractivity contribution is -0.131. The quantitative estimate of drug-likeness (QED) is 0.860. The third-order valence-electron chi connectivity index (χ3n) is 4.22. The lowest BCUT2D eigenvalue weighted by Crippen LogP contribution is -2.60. The first-order valence-electron chi connectivity index (χ1n) is 7.44. The molecule has 1 aliphatic heterocycles. The van der Waals surface area contributed by atoms with Gasteiger partial charge in [0.25, 0.3) is 0 Å². The molecule has 0 aromatic heterocycles. The zero-order valence-corrected chi connectivity index (χ0v) is 12.2.